The van der Waals surface area contributed by atoms with E-state index in [9.17, 15) is 34.2 Å². The van der Waals surface area contributed by atoms with Crippen molar-refractivity contribution in [1.82, 2.24) is 10.6 Å². The molecule has 1 rings (SSSR count). The summed E-state index contributed by atoms with van der Waals surface area (Å²) in [6, 6.07) is 6.42. The number of Topliss-reactive ketones (excluding diaryl/α,β-unsaturated/α-hetero) is 2. The lowest BCUT2D eigenvalue weighted by Crippen LogP contribution is -2.50. The third-order valence-corrected chi connectivity index (χ3v) is 7.80. The van der Waals surface area contributed by atoms with Crippen molar-refractivity contribution >= 4 is 35.3 Å². The molecule has 0 radical (unpaired) electrons. The maximum Gasteiger partial charge on any atom is 0.326 e. The van der Waals surface area contributed by atoms with E-state index in [4.69, 9.17) is 20.9 Å². The van der Waals surface area contributed by atoms with Gasteiger partial charge in [0.25, 0.3) is 0 Å². The summed E-state index contributed by atoms with van der Waals surface area (Å²) in [5.74, 6) is -5.34. The number of rotatable bonds is 27. The SMILES string of the molecule is CC(C)CCCOCCOCC(=O)C[C@@H](CCCN=C(N)N)C(=O)N[C@H](C(=O)C[C@@H](CO)C(=O)N[C@@H](Cc1ccccc1)C(=O)O)C(C)C. The zero-order valence-electron chi connectivity index (χ0n) is 29.4. The molecular formula is C35H57N5O9. The zero-order valence-corrected chi connectivity index (χ0v) is 29.4. The molecule has 0 saturated heterocycles. The predicted octanol–water partition coefficient (Wildman–Crippen LogP) is 1.61. The van der Waals surface area contributed by atoms with Crippen LogP contribution in [0.2, 0.25) is 0 Å². The highest BCUT2D eigenvalue weighted by atomic mass is 16.5. The fourth-order valence-electron chi connectivity index (χ4n) is 5.04. The Morgan fingerprint density at radius 3 is 2.08 bits per heavy atom. The van der Waals surface area contributed by atoms with E-state index in [-0.39, 0.29) is 50.8 Å². The number of amides is 2. The molecule has 1 aromatic rings. The Morgan fingerprint density at radius 2 is 1.49 bits per heavy atom. The van der Waals surface area contributed by atoms with Crippen molar-refractivity contribution in [3.8, 4) is 0 Å². The van der Waals surface area contributed by atoms with Crippen molar-refractivity contribution in [1.29, 1.82) is 0 Å². The first-order valence-corrected chi connectivity index (χ1v) is 17.0. The number of aliphatic hydroxyl groups is 1. The second kappa shape index (κ2) is 24.3. The van der Waals surface area contributed by atoms with E-state index in [2.05, 4.69) is 29.5 Å². The molecule has 0 aliphatic heterocycles. The summed E-state index contributed by atoms with van der Waals surface area (Å²) in [5, 5.41) is 24.8. The molecule has 0 aromatic heterocycles. The predicted molar refractivity (Wildman–Crippen MR) is 185 cm³/mol. The minimum Gasteiger partial charge on any atom is -0.480 e. The maximum absolute atomic E-state index is 13.5. The number of ether oxygens (including phenoxy) is 2. The van der Waals surface area contributed by atoms with Crippen LogP contribution in [0, 0.1) is 23.7 Å². The van der Waals surface area contributed by atoms with Crippen molar-refractivity contribution in [2.45, 2.75) is 84.7 Å². The van der Waals surface area contributed by atoms with Crippen LogP contribution in [0.3, 0.4) is 0 Å². The molecule has 0 fully saturated rings. The molecule has 276 valence electrons. The number of hydrogen-bond acceptors (Lipinski definition) is 9. The van der Waals surface area contributed by atoms with Gasteiger partial charge in [-0.3, -0.25) is 24.2 Å². The van der Waals surface area contributed by atoms with Crippen LogP contribution < -0.4 is 22.1 Å². The van der Waals surface area contributed by atoms with Gasteiger partial charge in [0.2, 0.25) is 11.8 Å². The number of guanidine groups is 1. The topological polar surface area (TPSA) is 233 Å². The maximum atomic E-state index is 13.5. The quantitative estimate of drug-likeness (QED) is 0.0441. The smallest absolute Gasteiger partial charge is 0.326 e. The van der Waals surface area contributed by atoms with E-state index in [0.717, 1.165) is 12.8 Å². The Labute approximate surface area is 289 Å². The van der Waals surface area contributed by atoms with Crippen LogP contribution in [-0.2, 0) is 39.9 Å². The minimum absolute atomic E-state index is 0.0131. The highest BCUT2D eigenvalue weighted by Gasteiger charge is 2.33. The Hall–Kier alpha value is -3.88. The number of aliphatic imine (C=N–C) groups is 1. The largest absolute Gasteiger partial charge is 0.480 e. The van der Waals surface area contributed by atoms with Gasteiger partial charge in [-0.2, -0.15) is 0 Å². The molecule has 2 amide bonds. The van der Waals surface area contributed by atoms with Crippen LogP contribution in [-0.4, -0.2) is 97.2 Å². The second-order valence-electron chi connectivity index (χ2n) is 13.0. The van der Waals surface area contributed by atoms with Crippen molar-refractivity contribution in [2.24, 2.45) is 40.1 Å². The summed E-state index contributed by atoms with van der Waals surface area (Å²) in [4.78, 5) is 68.5. The van der Waals surface area contributed by atoms with Gasteiger partial charge in [-0.15, -0.1) is 0 Å². The number of carbonyl (C=O) groups is 5. The molecule has 14 nitrogen and oxygen atoms in total. The van der Waals surface area contributed by atoms with Gasteiger partial charge >= 0.3 is 5.97 Å². The van der Waals surface area contributed by atoms with Crippen LogP contribution in [0.5, 0.6) is 0 Å². The molecule has 14 heteroatoms. The molecule has 0 unspecified atom stereocenters. The Kier molecular flexibility index (Phi) is 21.4. The van der Waals surface area contributed by atoms with E-state index >= 15 is 0 Å². The fourth-order valence-corrected chi connectivity index (χ4v) is 5.04. The molecule has 0 aliphatic rings. The number of aliphatic carboxylic acids is 1. The van der Waals surface area contributed by atoms with Crippen molar-refractivity contribution in [2.75, 3.05) is 39.6 Å². The summed E-state index contributed by atoms with van der Waals surface area (Å²) in [7, 11) is 0. The number of ketones is 2. The first kappa shape index (κ1) is 43.1. The number of carboxylic acid groups (broad SMARTS) is 1. The van der Waals surface area contributed by atoms with Gasteiger partial charge in [-0.25, -0.2) is 4.79 Å². The Balaban J connectivity index is 2.85. The van der Waals surface area contributed by atoms with Crippen LogP contribution >= 0.6 is 0 Å². The first-order chi connectivity index (χ1) is 23.2. The third-order valence-electron chi connectivity index (χ3n) is 7.80. The lowest BCUT2D eigenvalue weighted by atomic mass is 9.90. The van der Waals surface area contributed by atoms with Gasteiger partial charge in [-0.05, 0) is 43.1 Å². The standard InChI is InChI=1S/C35H57N5O9/c1-23(2)10-9-15-48-16-17-49-22-28(42)19-26(13-8-14-38-35(36)37)32(44)40-31(24(3)4)30(43)20-27(21-41)33(45)39-29(34(46)47)18-25-11-6-5-7-12-25/h5-7,11-12,23-24,26-27,29,31,41H,8-10,13-22H2,1-4H3,(H,39,45)(H,40,44)(H,46,47)(H4,36,37,38)/t26-,27+,29+,31+/m1/s1. The number of hydrogen-bond donors (Lipinski definition) is 6. The van der Waals surface area contributed by atoms with Crippen LogP contribution in [0.1, 0.15) is 71.8 Å². The summed E-state index contributed by atoms with van der Waals surface area (Å²) in [6.45, 7) is 8.26. The van der Waals surface area contributed by atoms with E-state index < -0.39 is 66.4 Å². The Bertz CT molecular complexity index is 1190. The Morgan fingerprint density at radius 1 is 0.837 bits per heavy atom. The normalized spacial score (nSPS) is 13.7. The number of nitrogens with zero attached hydrogens (tertiary/aromatic N) is 1. The van der Waals surface area contributed by atoms with Crippen molar-refractivity contribution in [3.63, 3.8) is 0 Å². The van der Waals surface area contributed by atoms with Gasteiger partial charge in [0.05, 0.1) is 31.8 Å². The number of nitrogens with two attached hydrogens (primary N) is 2. The molecule has 0 heterocycles. The number of aliphatic hydroxyl groups excluding tert-OH is 1. The lowest BCUT2D eigenvalue weighted by Gasteiger charge is -2.26. The number of carbonyl (C=O) groups excluding carboxylic acids is 4. The van der Waals surface area contributed by atoms with Crippen LogP contribution in [0.25, 0.3) is 0 Å². The number of nitrogens with one attached hydrogen (secondary N) is 2. The third kappa shape index (κ3) is 19.0. The number of benzene rings is 1. The fraction of sp³-hybridized carbons (Fsp3) is 0.657. The molecule has 0 saturated carbocycles. The van der Waals surface area contributed by atoms with Crippen molar-refractivity contribution in [3.05, 3.63) is 35.9 Å². The van der Waals surface area contributed by atoms with E-state index in [1.54, 1.807) is 44.2 Å². The molecular weight excluding hydrogens is 634 g/mol. The van der Waals surface area contributed by atoms with E-state index in [1.165, 1.54) is 0 Å². The molecule has 0 spiro atoms. The number of carboxylic acids is 1. The summed E-state index contributed by atoms with van der Waals surface area (Å²) in [5.41, 5.74) is 11.5. The van der Waals surface area contributed by atoms with Gasteiger partial charge in [0, 0.05) is 38.3 Å². The van der Waals surface area contributed by atoms with Crippen molar-refractivity contribution < 1.29 is 43.7 Å². The highest BCUT2D eigenvalue weighted by molar-refractivity contribution is 5.95. The highest BCUT2D eigenvalue weighted by Crippen LogP contribution is 2.17. The van der Waals surface area contributed by atoms with Crippen LogP contribution in [0.4, 0.5) is 0 Å². The molecule has 0 aliphatic carbocycles. The van der Waals surface area contributed by atoms with Crippen LogP contribution in [0.15, 0.2) is 35.3 Å². The summed E-state index contributed by atoms with van der Waals surface area (Å²) >= 11 is 0. The van der Waals surface area contributed by atoms with Gasteiger partial charge < -0.3 is 41.8 Å². The molecule has 8 N–H and O–H groups in total. The second-order valence-corrected chi connectivity index (χ2v) is 13.0. The minimum atomic E-state index is -1.27. The van der Waals surface area contributed by atoms with E-state index in [1.807, 2.05) is 0 Å². The van der Waals surface area contributed by atoms with Gasteiger partial charge in [0.15, 0.2) is 17.5 Å². The molecule has 4 atom stereocenters. The van der Waals surface area contributed by atoms with E-state index in [0.29, 0.717) is 31.1 Å². The zero-order chi connectivity index (χ0) is 36.8. The first-order valence-electron chi connectivity index (χ1n) is 17.0. The lowest BCUT2D eigenvalue weighted by molar-refractivity contribution is -0.143. The molecule has 49 heavy (non-hydrogen) atoms. The summed E-state index contributed by atoms with van der Waals surface area (Å²) < 4.78 is 11.0. The molecule has 1 aromatic carbocycles. The average Bonchev–Trinajstić information content (AvgIpc) is 3.04. The summed E-state index contributed by atoms with van der Waals surface area (Å²) in [6.07, 6.45) is 2.10. The average molecular weight is 692 g/mol. The van der Waals surface area contributed by atoms with Gasteiger partial charge in [-0.1, -0.05) is 58.0 Å². The monoisotopic (exact) mass is 691 g/mol. The molecule has 0 bridgehead atoms. The van der Waals surface area contributed by atoms with Gasteiger partial charge in [0.1, 0.15) is 12.6 Å².